The van der Waals surface area contributed by atoms with Gasteiger partial charge in [0.25, 0.3) is 5.92 Å². The molecule has 0 amide bonds. The highest BCUT2D eigenvalue weighted by Gasteiger charge is 2.97. The minimum absolute atomic E-state index is 0.0572. The fraction of sp³-hybridized carbons (Fsp3) is 0.577. The third kappa shape index (κ3) is 3.71. The molecule has 1 aromatic carbocycles. The van der Waals surface area contributed by atoms with Crippen molar-refractivity contribution in [1.82, 2.24) is 9.97 Å². The summed E-state index contributed by atoms with van der Waals surface area (Å²) in [6.07, 6.45) is 13.0. The number of hydrogen-bond donors (Lipinski definition) is 0. The van der Waals surface area contributed by atoms with Crippen LogP contribution in [0.25, 0.3) is 11.1 Å². The number of esters is 1. The Bertz CT molecular complexity index is 992. The summed E-state index contributed by atoms with van der Waals surface area (Å²) >= 11 is 0. The first kappa shape index (κ1) is 21.5. The lowest BCUT2D eigenvalue weighted by atomic mass is 10.1. The monoisotopic (exact) mass is 440 g/mol. The maximum Gasteiger partial charge on any atom is 0.314 e. The number of carbonyl (C=O) groups is 1. The van der Waals surface area contributed by atoms with Crippen molar-refractivity contribution in [1.29, 1.82) is 0 Å². The number of aryl methyl sites for hydroxylation is 1. The van der Waals surface area contributed by atoms with Crippen molar-refractivity contribution in [3.8, 4) is 16.9 Å². The highest BCUT2D eigenvalue weighted by atomic mass is 19.3. The van der Waals surface area contributed by atoms with E-state index in [9.17, 15) is 13.6 Å². The van der Waals surface area contributed by atoms with Crippen LogP contribution in [0.2, 0.25) is 0 Å². The minimum atomic E-state index is -2.57. The molecule has 0 saturated heterocycles. The van der Waals surface area contributed by atoms with Gasteiger partial charge in [0, 0.05) is 36.2 Å². The summed E-state index contributed by atoms with van der Waals surface area (Å²) in [4.78, 5) is 21.4. The molecule has 0 unspecified atom stereocenters. The normalized spacial score (nSPS) is 28.7. The second-order valence-corrected chi connectivity index (χ2v) is 9.90. The number of nitrogens with zero attached hydrogens (tertiary/aromatic N) is 2. The SMILES string of the molecule is CCCCCCCCc1ncc(-c2ccc(OC(=O)[C@@H]3C[C@]34C[C@]43CC3(F)F)cc2)cn1. The van der Waals surface area contributed by atoms with Gasteiger partial charge in [-0.2, -0.15) is 0 Å². The van der Waals surface area contributed by atoms with Crippen molar-refractivity contribution in [2.45, 2.75) is 77.1 Å². The maximum atomic E-state index is 13.6. The lowest BCUT2D eigenvalue weighted by Gasteiger charge is -2.06. The molecule has 1 aromatic heterocycles. The molecular formula is C26H30F2N2O2. The quantitative estimate of drug-likeness (QED) is 0.244. The first-order valence-electron chi connectivity index (χ1n) is 11.9. The largest absolute Gasteiger partial charge is 0.426 e. The van der Waals surface area contributed by atoms with E-state index in [2.05, 4.69) is 16.9 Å². The summed E-state index contributed by atoms with van der Waals surface area (Å²) < 4.78 is 32.6. The molecule has 3 aliphatic rings. The van der Waals surface area contributed by atoms with E-state index in [0.29, 0.717) is 18.6 Å². The van der Waals surface area contributed by atoms with Crippen LogP contribution < -0.4 is 4.74 Å². The molecule has 0 N–H and O–H groups in total. The molecule has 0 bridgehead atoms. The third-order valence-corrected chi connectivity index (χ3v) is 7.77. The van der Waals surface area contributed by atoms with Gasteiger partial charge in [0.15, 0.2) is 0 Å². The van der Waals surface area contributed by atoms with Gasteiger partial charge in [-0.15, -0.1) is 0 Å². The Morgan fingerprint density at radius 3 is 2.28 bits per heavy atom. The van der Waals surface area contributed by atoms with Crippen LogP contribution >= 0.6 is 0 Å². The van der Waals surface area contributed by atoms with E-state index in [1.807, 2.05) is 24.5 Å². The zero-order valence-electron chi connectivity index (χ0n) is 18.6. The number of alkyl halides is 2. The topological polar surface area (TPSA) is 52.1 Å². The van der Waals surface area contributed by atoms with Gasteiger partial charge in [-0.1, -0.05) is 51.2 Å². The first-order valence-corrected chi connectivity index (χ1v) is 11.9. The number of halogens is 2. The smallest absolute Gasteiger partial charge is 0.314 e. The number of ether oxygens (including phenoxy) is 1. The first-order chi connectivity index (χ1) is 15.4. The number of unbranched alkanes of at least 4 members (excludes halogenated alkanes) is 5. The van der Waals surface area contributed by atoms with E-state index in [-0.39, 0.29) is 18.3 Å². The molecule has 32 heavy (non-hydrogen) atoms. The van der Waals surface area contributed by atoms with E-state index in [0.717, 1.165) is 29.8 Å². The van der Waals surface area contributed by atoms with E-state index in [1.165, 1.54) is 32.1 Å². The number of hydrogen-bond acceptors (Lipinski definition) is 4. The van der Waals surface area contributed by atoms with Crippen molar-refractivity contribution in [3.63, 3.8) is 0 Å². The zero-order valence-corrected chi connectivity index (χ0v) is 18.6. The van der Waals surface area contributed by atoms with Crippen LogP contribution in [-0.4, -0.2) is 21.9 Å². The average molecular weight is 441 g/mol. The molecule has 2 spiro atoms. The Morgan fingerprint density at radius 1 is 1.00 bits per heavy atom. The molecule has 0 radical (unpaired) electrons. The summed E-state index contributed by atoms with van der Waals surface area (Å²) in [6.45, 7) is 2.22. The van der Waals surface area contributed by atoms with Gasteiger partial charge in [0.1, 0.15) is 11.6 Å². The molecular weight excluding hydrogens is 410 g/mol. The van der Waals surface area contributed by atoms with Gasteiger partial charge < -0.3 is 4.74 Å². The van der Waals surface area contributed by atoms with E-state index in [1.54, 1.807) is 12.1 Å². The van der Waals surface area contributed by atoms with Crippen molar-refractivity contribution >= 4 is 5.97 Å². The van der Waals surface area contributed by atoms with E-state index >= 15 is 0 Å². The molecule has 170 valence electrons. The Labute approximate surface area is 187 Å². The Hall–Kier alpha value is -2.37. The molecule has 2 aromatic rings. The van der Waals surface area contributed by atoms with E-state index in [4.69, 9.17) is 4.74 Å². The highest BCUT2D eigenvalue weighted by Crippen LogP contribution is 2.95. The number of rotatable bonds is 10. The fourth-order valence-electron chi connectivity index (χ4n) is 5.50. The third-order valence-electron chi connectivity index (χ3n) is 7.77. The van der Waals surface area contributed by atoms with Gasteiger partial charge >= 0.3 is 5.97 Å². The number of fused-ring (bicyclic) bond motifs is 1. The Balaban J connectivity index is 1.10. The second kappa shape index (κ2) is 7.89. The summed E-state index contributed by atoms with van der Waals surface area (Å²) in [5, 5.41) is 0. The van der Waals surface area contributed by atoms with Gasteiger partial charge in [-0.05, 0) is 42.4 Å². The number of benzene rings is 1. The highest BCUT2D eigenvalue weighted by molar-refractivity contribution is 5.81. The van der Waals surface area contributed by atoms with Gasteiger partial charge in [0.2, 0.25) is 0 Å². The molecule has 1 heterocycles. The van der Waals surface area contributed by atoms with Crippen LogP contribution in [0.1, 0.15) is 70.5 Å². The van der Waals surface area contributed by atoms with Gasteiger partial charge in [-0.25, -0.2) is 18.7 Å². The molecule has 0 aliphatic heterocycles. The standard InChI is InChI=1S/C26H30F2N2O2/c1-2-3-4-5-6-7-8-22-29-14-19(15-30-22)18-9-11-20(12-10-18)32-23(31)21-13-24(21)16-25(24)17-26(25,27)28/h9-12,14-15,21H,2-8,13,16-17H2,1H3/t21-,24-,25-/m0/s1. The van der Waals surface area contributed by atoms with Crippen LogP contribution in [0.15, 0.2) is 36.7 Å². The summed E-state index contributed by atoms with van der Waals surface area (Å²) in [5.74, 6) is -2.01. The predicted octanol–water partition coefficient (Wildman–Crippen LogP) is 6.39. The molecule has 3 atom stereocenters. The molecule has 6 heteroatoms. The summed E-state index contributed by atoms with van der Waals surface area (Å²) in [7, 11) is 0. The number of carbonyl (C=O) groups excluding carboxylic acids is 1. The maximum absolute atomic E-state index is 13.6. The Kier molecular flexibility index (Phi) is 5.30. The Morgan fingerprint density at radius 2 is 1.66 bits per heavy atom. The lowest BCUT2D eigenvalue weighted by Crippen LogP contribution is -2.13. The van der Waals surface area contributed by atoms with Gasteiger partial charge in [-0.3, -0.25) is 4.79 Å². The van der Waals surface area contributed by atoms with Crippen LogP contribution in [0.3, 0.4) is 0 Å². The average Bonchev–Trinajstić information content (AvgIpc) is 3.72. The summed E-state index contributed by atoms with van der Waals surface area (Å²) in [5.41, 5.74) is 0.501. The zero-order chi connectivity index (χ0) is 22.4. The van der Waals surface area contributed by atoms with Crippen LogP contribution in [0.4, 0.5) is 8.78 Å². The van der Waals surface area contributed by atoms with Crippen LogP contribution in [0.5, 0.6) is 5.75 Å². The molecule has 4 nitrogen and oxygen atoms in total. The minimum Gasteiger partial charge on any atom is -0.426 e. The van der Waals surface area contributed by atoms with Crippen molar-refractivity contribution < 1.29 is 18.3 Å². The van der Waals surface area contributed by atoms with Crippen LogP contribution in [0, 0.1) is 16.7 Å². The second-order valence-electron chi connectivity index (χ2n) is 9.90. The van der Waals surface area contributed by atoms with Crippen molar-refractivity contribution in [2.75, 3.05) is 0 Å². The molecule has 5 rings (SSSR count). The molecule has 3 fully saturated rings. The van der Waals surface area contributed by atoms with E-state index < -0.39 is 16.8 Å². The predicted molar refractivity (Wildman–Crippen MR) is 117 cm³/mol. The van der Waals surface area contributed by atoms with Crippen molar-refractivity contribution in [3.05, 3.63) is 42.5 Å². The molecule has 3 aliphatic carbocycles. The van der Waals surface area contributed by atoms with Gasteiger partial charge in [0.05, 0.1) is 5.92 Å². The number of aromatic nitrogens is 2. The summed E-state index contributed by atoms with van der Waals surface area (Å²) in [6, 6.07) is 7.21. The van der Waals surface area contributed by atoms with Crippen molar-refractivity contribution in [2.24, 2.45) is 16.7 Å². The molecule has 3 saturated carbocycles. The fourth-order valence-corrected chi connectivity index (χ4v) is 5.50. The lowest BCUT2D eigenvalue weighted by molar-refractivity contribution is -0.136. The van der Waals surface area contributed by atoms with Crippen LogP contribution in [-0.2, 0) is 11.2 Å².